The first kappa shape index (κ1) is 27.6. The number of amides is 1. The molecule has 1 amide bonds. The Morgan fingerprint density at radius 3 is 2.21 bits per heavy atom. The van der Waals surface area contributed by atoms with Crippen LogP contribution in [-0.2, 0) is 11.2 Å². The summed E-state index contributed by atoms with van der Waals surface area (Å²) in [6, 6.07) is 9.29. The highest BCUT2D eigenvalue weighted by atomic mass is 35.5. The SMILES string of the molecule is COc1c(Oc2ccc(CCN)cc2)cc(C(=O)N(C)CC2CCOCC2)c(OC)c1OC.Cl. The number of halogens is 1. The van der Waals surface area contributed by atoms with Gasteiger partial charge in [0, 0.05) is 32.9 Å². The quantitative estimate of drug-likeness (QED) is 0.535. The van der Waals surface area contributed by atoms with Crippen LogP contribution in [0.25, 0.3) is 0 Å². The Morgan fingerprint density at radius 1 is 1.03 bits per heavy atom. The average molecular weight is 495 g/mol. The Balaban J connectivity index is 0.00000408. The molecule has 0 aromatic heterocycles. The normalized spacial score (nSPS) is 13.6. The molecule has 9 heteroatoms. The minimum atomic E-state index is -0.178. The molecule has 0 aliphatic carbocycles. The van der Waals surface area contributed by atoms with E-state index >= 15 is 0 Å². The maximum Gasteiger partial charge on any atom is 0.257 e. The summed E-state index contributed by atoms with van der Waals surface area (Å²) in [7, 11) is 6.33. The van der Waals surface area contributed by atoms with Crippen LogP contribution in [0.5, 0.6) is 28.7 Å². The number of nitrogens with zero attached hydrogens (tertiary/aromatic N) is 1. The fourth-order valence-corrected chi connectivity index (χ4v) is 4.04. The molecule has 0 radical (unpaired) electrons. The highest BCUT2D eigenvalue weighted by Crippen LogP contribution is 2.48. The summed E-state index contributed by atoms with van der Waals surface area (Å²) >= 11 is 0. The van der Waals surface area contributed by atoms with E-state index in [1.165, 1.54) is 21.3 Å². The number of rotatable bonds is 10. The molecular formula is C25H35ClN2O6. The van der Waals surface area contributed by atoms with Crippen molar-refractivity contribution in [2.45, 2.75) is 19.3 Å². The van der Waals surface area contributed by atoms with Crippen LogP contribution in [0.4, 0.5) is 0 Å². The number of methoxy groups -OCH3 is 3. The molecule has 1 heterocycles. The van der Waals surface area contributed by atoms with Gasteiger partial charge in [-0.1, -0.05) is 12.1 Å². The highest BCUT2D eigenvalue weighted by Gasteiger charge is 2.28. The minimum absolute atomic E-state index is 0. The van der Waals surface area contributed by atoms with Crippen LogP contribution in [0.3, 0.4) is 0 Å². The van der Waals surface area contributed by atoms with Crippen LogP contribution in [0, 0.1) is 5.92 Å². The fourth-order valence-electron chi connectivity index (χ4n) is 4.04. The molecule has 3 rings (SSSR count). The van der Waals surface area contributed by atoms with E-state index in [4.69, 9.17) is 29.4 Å². The van der Waals surface area contributed by atoms with Crippen molar-refractivity contribution in [2.24, 2.45) is 11.7 Å². The zero-order chi connectivity index (χ0) is 23.8. The lowest BCUT2D eigenvalue weighted by Crippen LogP contribution is -2.34. The fraction of sp³-hybridized carbons (Fsp3) is 0.480. The van der Waals surface area contributed by atoms with Gasteiger partial charge in [0.15, 0.2) is 11.5 Å². The van der Waals surface area contributed by atoms with Crippen LogP contribution in [0.15, 0.2) is 30.3 Å². The van der Waals surface area contributed by atoms with Gasteiger partial charge in [-0.15, -0.1) is 12.4 Å². The van der Waals surface area contributed by atoms with Crippen molar-refractivity contribution in [1.29, 1.82) is 0 Å². The number of carbonyl (C=O) groups is 1. The molecule has 1 fully saturated rings. The number of nitrogens with two attached hydrogens (primary N) is 1. The summed E-state index contributed by atoms with van der Waals surface area (Å²) in [4.78, 5) is 15.2. The minimum Gasteiger partial charge on any atom is -0.492 e. The largest absolute Gasteiger partial charge is 0.492 e. The second-order valence-corrected chi connectivity index (χ2v) is 8.05. The molecule has 0 bridgehead atoms. The summed E-state index contributed by atoms with van der Waals surface area (Å²) in [5, 5.41) is 0. The van der Waals surface area contributed by atoms with E-state index < -0.39 is 0 Å². The molecule has 34 heavy (non-hydrogen) atoms. The Morgan fingerprint density at radius 2 is 1.65 bits per heavy atom. The first-order chi connectivity index (χ1) is 16.0. The van der Waals surface area contributed by atoms with Crippen molar-refractivity contribution < 1.29 is 28.5 Å². The first-order valence-electron chi connectivity index (χ1n) is 11.1. The van der Waals surface area contributed by atoms with E-state index in [1.54, 1.807) is 18.0 Å². The van der Waals surface area contributed by atoms with Crippen molar-refractivity contribution in [1.82, 2.24) is 4.90 Å². The number of benzene rings is 2. The summed E-state index contributed by atoms with van der Waals surface area (Å²) in [6.07, 6.45) is 2.67. The van der Waals surface area contributed by atoms with Gasteiger partial charge >= 0.3 is 0 Å². The van der Waals surface area contributed by atoms with Gasteiger partial charge in [-0.05, 0) is 49.4 Å². The van der Waals surface area contributed by atoms with Gasteiger partial charge in [-0.25, -0.2) is 0 Å². The van der Waals surface area contributed by atoms with E-state index in [2.05, 4.69) is 0 Å². The van der Waals surface area contributed by atoms with E-state index in [1.807, 2.05) is 24.3 Å². The second-order valence-electron chi connectivity index (χ2n) is 8.05. The molecular weight excluding hydrogens is 460 g/mol. The van der Waals surface area contributed by atoms with E-state index in [0.29, 0.717) is 53.3 Å². The summed E-state index contributed by atoms with van der Waals surface area (Å²) in [5.74, 6) is 2.16. The van der Waals surface area contributed by atoms with Crippen LogP contribution in [0.1, 0.15) is 28.8 Å². The lowest BCUT2D eigenvalue weighted by Gasteiger charge is -2.28. The van der Waals surface area contributed by atoms with Gasteiger partial charge in [0.25, 0.3) is 5.91 Å². The van der Waals surface area contributed by atoms with Gasteiger partial charge in [-0.2, -0.15) is 0 Å². The number of hydrogen-bond acceptors (Lipinski definition) is 7. The number of hydrogen-bond donors (Lipinski definition) is 1. The lowest BCUT2D eigenvalue weighted by molar-refractivity contribution is 0.0495. The zero-order valence-electron chi connectivity index (χ0n) is 20.3. The van der Waals surface area contributed by atoms with Gasteiger partial charge in [0.05, 0.1) is 26.9 Å². The Labute approximate surface area is 207 Å². The number of ether oxygens (including phenoxy) is 5. The molecule has 8 nitrogen and oxygen atoms in total. The van der Waals surface area contributed by atoms with Crippen LogP contribution < -0.4 is 24.7 Å². The predicted molar refractivity (Wildman–Crippen MR) is 133 cm³/mol. The van der Waals surface area contributed by atoms with Gasteiger partial charge in [0.1, 0.15) is 5.75 Å². The monoisotopic (exact) mass is 494 g/mol. The third-order valence-electron chi connectivity index (χ3n) is 5.80. The van der Waals surface area contributed by atoms with Crippen LogP contribution in [0.2, 0.25) is 0 Å². The van der Waals surface area contributed by atoms with Crippen molar-refractivity contribution in [3.8, 4) is 28.7 Å². The lowest BCUT2D eigenvalue weighted by atomic mass is 9.99. The van der Waals surface area contributed by atoms with Gasteiger partial charge < -0.3 is 34.3 Å². The molecule has 2 aromatic rings. The van der Waals surface area contributed by atoms with Crippen molar-refractivity contribution in [3.63, 3.8) is 0 Å². The molecule has 1 aliphatic rings. The molecule has 0 atom stereocenters. The maximum absolute atomic E-state index is 13.4. The highest BCUT2D eigenvalue weighted by molar-refractivity contribution is 5.99. The zero-order valence-corrected chi connectivity index (χ0v) is 21.1. The van der Waals surface area contributed by atoms with E-state index in [-0.39, 0.29) is 18.3 Å². The first-order valence-corrected chi connectivity index (χ1v) is 11.1. The molecule has 2 N–H and O–H groups in total. The van der Waals surface area contributed by atoms with Gasteiger partial charge in [-0.3, -0.25) is 4.79 Å². The van der Waals surface area contributed by atoms with Crippen molar-refractivity contribution in [3.05, 3.63) is 41.5 Å². The molecule has 2 aromatic carbocycles. The second kappa shape index (κ2) is 13.3. The summed E-state index contributed by atoms with van der Waals surface area (Å²) in [5.41, 5.74) is 7.10. The van der Waals surface area contributed by atoms with Crippen LogP contribution in [-0.4, -0.2) is 65.5 Å². The summed E-state index contributed by atoms with van der Waals surface area (Å²) < 4.78 is 28.3. The topological polar surface area (TPSA) is 92.5 Å². The van der Waals surface area contributed by atoms with Crippen molar-refractivity contribution >= 4 is 18.3 Å². The van der Waals surface area contributed by atoms with E-state index in [0.717, 1.165) is 38.0 Å². The molecule has 1 aliphatic heterocycles. The van der Waals surface area contributed by atoms with Gasteiger partial charge in [0.2, 0.25) is 11.5 Å². The Bertz CT molecular complexity index is 932. The number of carbonyl (C=O) groups excluding carboxylic acids is 1. The van der Waals surface area contributed by atoms with E-state index in [9.17, 15) is 4.79 Å². The molecule has 0 saturated carbocycles. The predicted octanol–water partition coefficient (Wildman–Crippen LogP) is 3.93. The third-order valence-corrected chi connectivity index (χ3v) is 5.80. The Hall–Kier alpha value is -2.68. The molecule has 1 saturated heterocycles. The van der Waals surface area contributed by atoms with Crippen molar-refractivity contribution in [2.75, 3.05) is 54.7 Å². The molecule has 0 unspecified atom stereocenters. The summed E-state index contributed by atoms with van der Waals surface area (Å²) in [6.45, 7) is 2.68. The smallest absolute Gasteiger partial charge is 0.257 e. The Kier molecular flexibility index (Phi) is 10.8. The standard InChI is InChI=1S/C25H34N2O6.ClH/c1-27(16-18-10-13-32-14-11-18)25(28)20-15-21(23(30-3)24(31-4)22(20)29-2)33-19-7-5-17(6-8-19)9-12-26;/h5-8,15,18H,9-14,16,26H2,1-4H3;1H. The third kappa shape index (κ3) is 6.46. The molecule has 188 valence electrons. The molecule has 0 spiro atoms. The van der Waals surface area contributed by atoms with Crippen LogP contribution >= 0.6 is 12.4 Å². The maximum atomic E-state index is 13.4. The average Bonchev–Trinajstić information content (AvgIpc) is 2.84.